The Morgan fingerprint density at radius 3 is 0.839 bits per heavy atom. The van der Waals surface area contributed by atoms with Crippen LogP contribution in [-0.4, -0.2) is 109 Å². The number of hydrogen-bond donors (Lipinski definition) is 0. The Morgan fingerprint density at radius 1 is 0.548 bits per heavy atom. The van der Waals surface area contributed by atoms with Crippen molar-refractivity contribution in [1.29, 1.82) is 0 Å². The van der Waals surface area contributed by atoms with Gasteiger partial charge in [-0.3, -0.25) is 9.13 Å². The van der Waals surface area contributed by atoms with Crippen molar-refractivity contribution in [1.82, 2.24) is 0 Å². The van der Waals surface area contributed by atoms with Crippen LogP contribution < -0.4 is 9.79 Å². The van der Waals surface area contributed by atoms with Crippen LogP contribution in [-0.2, 0) is 27.2 Å². The van der Waals surface area contributed by atoms with Gasteiger partial charge in [0.25, 0.3) is 15.6 Å². The zero-order chi connectivity index (χ0) is 23.8. The topological polar surface area (TPSA) is 117 Å². The van der Waals surface area contributed by atoms with Gasteiger partial charge in [0.15, 0.2) is 0 Å². The third kappa shape index (κ3) is 26.7. The summed E-state index contributed by atoms with van der Waals surface area (Å²) in [6.07, 6.45) is 0. The van der Waals surface area contributed by atoms with E-state index < -0.39 is 37.2 Å². The van der Waals surface area contributed by atoms with E-state index in [1.54, 1.807) is 0 Å². The Morgan fingerprint density at radius 2 is 0.710 bits per heavy atom. The van der Waals surface area contributed by atoms with E-state index in [-0.39, 0.29) is 87.7 Å². The van der Waals surface area contributed by atoms with E-state index in [0.717, 1.165) is 0 Å². The number of hydrogen-bond acceptors (Lipinski definition) is 8. The zero-order valence-electron chi connectivity index (χ0n) is 15.9. The van der Waals surface area contributed by atoms with Gasteiger partial charge < -0.3 is 27.9 Å². The van der Waals surface area contributed by atoms with E-state index in [4.69, 9.17) is 92.8 Å². The Kier molecular flexibility index (Phi) is 29.1. The molecule has 0 radical (unpaired) electrons. The molecule has 0 N–H and O–H groups in total. The van der Waals surface area contributed by atoms with Gasteiger partial charge in [-0.05, 0) is 0 Å². The molecule has 0 spiro atoms. The quantitative estimate of drug-likeness (QED) is 0.137. The van der Waals surface area contributed by atoms with Crippen molar-refractivity contribution in [2.45, 2.75) is 21.5 Å². The van der Waals surface area contributed by atoms with Gasteiger partial charge in [-0.15, -0.1) is 92.8 Å². The summed E-state index contributed by atoms with van der Waals surface area (Å²) in [6.45, 7) is -0.946. The molecule has 4 atom stereocenters. The summed E-state index contributed by atoms with van der Waals surface area (Å²) >= 11 is 43.6. The van der Waals surface area contributed by atoms with E-state index in [1.165, 1.54) is 0 Å². The zero-order valence-corrected chi connectivity index (χ0v) is 25.9. The Hall–Kier alpha value is 3.80. The minimum atomic E-state index is -4.36. The number of alkyl halides is 8. The molecule has 0 aromatic carbocycles. The summed E-state index contributed by atoms with van der Waals surface area (Å²) in [6, 6.07) is 0. The minimum Gasteiger partial charge on any atom is -0.756 e. The molecule has 0 amide bonds. The fourth-order valence-corrected chi connectivity index (χ4v) is 3.50. The first-order valence-corrected chi connectivity index (χ1v) is 14.6. The summed E-state index contributed by atoms with van der Waals surface area (Å²) in [5.74, 6) is 0.339. The van der Waals surface area contributed by atoms with Crippen LogP contribution in [0, 0.1) is 0 Å². The van der Waals surface area contributed by atoms with Gasteiger partial charge in [-0.2, -0.15) is 0 Å². The third-order valence-corrected chi connectivity index (χ3v) is 7.43. The molecule has 4 unspecified atom stereocenters. The molecule has 0 fully saturated rings. The Bertz CT molecular complexity index is 449. The summed E-state index contributed by atoms with van der Waals surface area (Å²) in [7, 11) is -8.73. The van der Waals surface area contributed by atoms with Gasteiger partial charge in [0.2, 0.25) is 0 Å². The second-order valence-corrected chi connectivity index (χ2v) is 11.6. The average Bonchev–Trinajstić information content (AvgIpc) is 2.72. The molecule has 0 aromatic heterocycles. The van der Waals surface area contributed by atoms with Crippen LogP contribution in [0.5, 0.6) is 0 Å². The SMILES string of the molecule is O=P([O-])(OCC(Cl)CCl)OCC(Cl)CCl.O=P([O-])(OCC(Cl)CCl)OCC(Cl)CCl.[Ca+2]. The molecule has 184 valence electrons. The fourth-order valence-electron chi connectivity index (χ4n) is 0.941. The Labute approximate surface area is 251 Å². The van der Waals surface area contributed by atoms with Crippen LogP contribution in [0.2, 0.25) is 0 Å². The molecule has 0 heterocycles. The maximum absolute atomic E-state index is 11.1. The van der Waals surface area contributed by atoms with Crippen molar-refractivity contribution >= 4 is 146 Å². The van der Waals surface area contributed by atoms with Gasteiger partial charge >= 0.3 is 37.7 Å². The van der Waals surface area contributed by atoms with Crippen LogP contribution in [0.4, 0.5) is 0 Å². The molecule has 19 heteroatoms. The molecule has 0 aliphatic rings. The molecule has 8 nitrogen and oxygen atoms in total. The maximum Gasteiger partial charge on any atom is 2.00 e. The number of phosphoric acid groups is 2. The number of phosphoric ester groups is 2. The van der Waals surface area contributed by atoms with Crippen molar-refractivity contribution in [3.05, 3.63) is 0 Å². The third-order valence-electron chi connectivity index (χ3n) is 2.32. The Balaban J connectivity index is -0.000000490. The standard InChI is InChI=1S/2C6H11Cl4O4P.Ca/c2*7-1-5(9)3-13-15(11,12)14-4-6(10)2-8;/h2*5-6H,1-4H2,(H,11,12);/q;;+2/p-2. The van der Waals surface area contributed by atoms with Crippen molar-refractivity contribution in [3.63, 3.8) is 0 Å². The van der Waals surface area contributed by atoms with Gasteiger partial charge in [0.05, 0.1) is 47.9 Å². The smallest absolute Gasteiger partial charge is 0.756 e. The van der Waals surface area contributed by atoms with Crippen LogP contribution in [0.3, 0.4) is 0 Å². The molecule has 0 aliphatic carbocycles. The maximum atomic E-state index is 11.1. The first-order chi connectivity index (χ1) is 13.8. The monoisotopic (exact) mass is 674 g/mol. The molecule has 31 heavy (non-hydrogen) atoms. The second-order valence-electron chi connectivity index (χ2n) is 5.08. The van der Waals surface area contributed by atoms with E-state index in [0.29, 0.717) is 0 Å². The van der Waals surface area contributed by atoms with Crippen molar-refractivity contribution < 1.29 is 37.0 Å². The van der Waals surface area contributed by atoms with Crippen LogP contribution in [0.1, 0.15) is 0 Å². The van der Waals surface area contributed by atoms with E-state index in [9.17, 15) is 18.9 Å². The minimum absolute atomic E-state index is 0. The van der Waals surface area contributed by atoms with Gasteiger partial charge in [0.1, 0.15) is 0 Å². The fraction of sp³-hybridized carbons (Fsp3) is 1.00. The summed E-state index contributed by atoms with van der Waals surface area (Å²) in [5.41, 5.74) is 0. The summed E-state index contributed by atoms with van der Waals surface area (Å²) in [4.78, 5) is 22.1. The summed E-state index contributed by atoms with van der Waals surface area (Å²) in [5, 5.41) is -2.34. The predicted octanol–water partition coefficient (Wildman–Crippen LogP) is 3.98. The van der Waals surface area contributed by atoms with E-state index >= 15 is 0 Å². The van der Waals surface area contributed by atoms with Crippen molar-refractivity contribution in [2.24, 2.45) is 0 Å². The van der Waals surface area contributed by atoms with Gasteiger partial charge in [-0.25, -0.2) is 0 Å². The first-order valence-electron chi connectivity index (χ1n) is 7.82. The second kappa shape index (κ2) is 23.0. The van der Waals surface area contributed by atoms with Gasteiger partial charge in [-0.1, -0.05) is 0 Å². The summed E-state index contributed by atoms with van der Waals surface area (Å²) < 4.78 is 39.8. The first kappa shape index (κ1) is 39.3. The predicted molar refractivity (Wildman–Crippen MR) is 126 cm³/mol. The molecule has 0 saturated heterocycles. The number of halogens is 8. The molecule has 0 aliphatic heterocycles. The molecular formula is C12H20CaCl8O8P2. The molecule has 0 bridgehead atoms. The van der Waals surface area contributed by atoms with Crippen LogP contribution in [0.25, 0.3) is 0 Å². The normalized spacial score (nSPS) is 18.9. The molecule has 0 aromatic rings. The van der Waals surface area contributed by atoms with Gasteiger partial charge in [0, 0.05) is 23.5 Å². The van der Waals surface area contributed by atoms with Crippen molar-refractivity contribution in [3.8, 4) is 0 Å². The molecular weight excluding hydrogens is 658 g/mol. The van der Waals surface area contributed by atoms with Crippen LogP contribution >= 0.6 is 108 Å². The van der Waals surface area contributed by atoms with E-state index in [2.05, 4.69) is 18.1 Å². The molecule has 0 saturated carbocycles. The number of rotatable bonds is 16. The largest absolute Gasteiger partial charge is 2.00 e. The van der Waals surface area contributed by atoms with Crippen LogP contribution in [0.15, 0.2) is 0 Å². The molecule has 0 rings (SSSR count). The van der Waals surface area contributed by atoms with Crippen molar-refractivity contribution in [2.75, 3.05) is 49.9 Å². The average molecular weight is 678 g/mol. The van der Waals surface area contributed by atoms with E-state index in [1.807, 2.05) is 0 Å².